The van der Waals surface area contributed by atoms with Crippen LogP contribution in [0.5, 0.6) is 11.5 Å². The highest BCUT2D eigenvalue weighted by atomic mass is 16.5. The Balaban J connectivity index is 2.78. The molecule has 4 heteroatoms. The van der Waals surface area contributed by atoms with Gasteiger partial charge in [0.15, 0.2) is 11.5 Å². The van der Waals surface area contributed by atoms with Crippen LogP contribution in [-0.2, 0) is 6.54 Å². The van der Waals surface area contributed by atoms with Crippen LogP contribution in [0.15, 0.2) is 18.2 Å². The van der Waals surface area contributed by atoms with Crippen molar-refractivity contribution in [1.29, 1.82) is 0 Å². The van der Waals surface area contributed by atoms with Crippen molar-refractivity contribution in [3.8, 4) is 11.5 Å². The van der Waals surface area contributed by atoms with E-state index in [4.69, 9.17) is 15.2 Å². The highest BCUT2D eigenvalue weighted by Crippen LogP contribution is 2.28. The molecule has 108 valence electrons. The largest absolute Gasteiger partial charge is 0.493 e. The monoisotopic (exact) mass is 266 g/mol. The summed E-state index contributed by atoms with van der Waals surface area (Å²) in [5.74, 6) is 2.17. The maximum Gasteiger partial charge on any atom is 0.161 e. The SMILES string of the molecule is COc1ccc(CN(CCN)CC(C)C)cc1OC. The first kappa shape index (κ1) is 15.8. The number of hydrogen-bond acceptors (Lipinski definition) is 4. The van der Waals surface area contributed by atoms with Crippen molar-refractivity contribution in [3.05, 3.63) is 23.8 Å². The zero-order valence-corrected chi connectivity index (χ0v) is 12.5. The molecule has 0 unspecified atom stereocenters. The third-order valence-electron chi connectivity index (χ3n) is 2.92. The molecule has 0 spiro atoms. The van der Waals surface area contributed by atoms with Gasteiger partial charge in [-0.05, 0) is 23.6 Å². The smallest absolute Gasteiger partial charge is 0.161 e. The van der Waals surface area contributed by atoms with E-state index >= 15 is 0 Å². The van der Waals surface area contributed by atoms with Crippen molar-refractivity contribution >= 4 is 0 Å². The molecule has 0 atom stereocenters. The Kier molecular flexibility index (Phi) is 6.67. The molecule has 0 radical (unpaired) electrons. The number of nitrogens with two attached hydrogens (primary N) is 1. The van der Waals surface area contributed by atoms with Gasteiger partial charge in [-0.15, -0.1) is 0 Å². The standard InChI is InChI=1S/C15H26N2O2/c1-12(2)10-17(8-7-16)11-13-5-6-14(18-3)15(9-13)19-4/h5-6,9,12H,7-8,10-11,16H2,1-4H3. The second-order valence-electron chi connectivity index (χ2n) is 5.11. The van der Waals surface area contributed by atoms with Gasteiger partial charge < -0.3 is 15.2 Å². The predicted molar refractivity (Wildman–Crippen MR) is 78.7 cm³/mol. The van der Waals surface area contributed by atoms with E-state index in [1.54, 1.807) is 14.2 Å². The van der Waals surface area contributed by atoms with Crippen LogP contribution in [0.4, 0.5) is 0 Å². The van der Waals surface area contributed by atoms with Crippen LogP contribution in [0.1, 0.15) is 19.4 Å². The summed E-state index contributed by atoms with van der Waals surface area (Å²) >= 11 is 0. The summed E-state index contributed by atoms with van der Waals surface area (Å²) in [7, 11) is 3.31. The molecular formula is C15H26N2O2. The molecule has 0 saturated heterocycles. The predicted octanol–water partition coefficient (Wildman–Crippen LogP) is 2.12. The van der Waals surface area contributed by atoms with Gasteiger partial charge in [0.25, 0.3) is 0 Å². The Morgan fingerprint density at radius 2 is 1.84 bits per heavy atom. The molecule has 0 aromatic heterocycles. The van der Waals surface area contributed by atoms with Crippen molar-refractivity contribution < 1.29 is 9.47 Å². The van der Waals surface area contributed by atoms with Crippen LogP contribution in [0.3, 0.4) is 0 Å². The van der Waals surface area contributed by atoms with E-state index in [1.165, 1.54) is 5.56 Å². The summed E-state index contributed by atoms with van der Waals surface area (Å²) in [5, 5.41) is 0. The normalized spacial score (nSPS) is 11.1. The van der Waals surface area contributed by atoms with Gasteiger partial charge in [0.2, 0.25) is 0 Å². The van der Waals surface area contributed by atoms with Crippen molar-refractivity contribution in [2.24, 2.45) is 11.7 Å². The molecule has 1 rings (SSSR count). The third-order valence-corrected chi connectivity index (χ3v) is 2.92. The molecule has 1 aromatic rings. The number of rotatable bonds is 8. The van der Waals surface area contributed by atoms with Gasteiger partial charge in [0.1, 0.15) is 0 Å². The van der Waals surface area contributed by atoms with Gasteiger partial charge in [-0.25, -0.2) is 0 Å². The van der Waals surface area contributed by atoms with Crippen LogP contribution >= 0.6 is 0 Å². The Morgan fingerprint density at radius 1 is 1.16 bits per heavy atom. The Hall–Kier alpha value is -1.26. The molecule has 2 N–H and O–H groups in total. The zero-order chi connectivity index (χ0) is 14.3. The highest BCUT2D eigenvalue weighted by molar-refractivity contribution is 5.42. The van der Waals surface area contributed by atoms with E-state index in [9.17, 15) is 0 Å². The minimum Gasteiger partial charge on any atom is -0.493 e. The Labute approximate surface area is 116 Å². The van der Waals surface area contributed by atoms with E-state index in [1.807, 2.05) is 12.1 Å². The maximum absolute atomic E-state index is 5.67. The van der Waals surface area contributed by atoms with E-state index in [-0.39, 0.29) is 0 Å². The van der Waals surface area contributed by atoms with E-state index in [2.05, 4.69) is 24.8 Å². The second-order valence-corrected chi connectivity index (χ2v) is 5.11. The summed E-state index contributed by atoms with van der Waals surface area (Å²) < 4.78 is 10.6. The fourth-order valence-electron chi connectivity index (χ4n) is 2.17. The molecule has 0 aliphatic heterocycles. The van der Waals surface area contributed by atoms with Crippen LogP contribution < -0.4 is 15.2 Å². The van der Waals surface area contributed by atoms with Gasteiger partial charge in [-0.2, -0.15) is 0 Å². The zero-order valence-electron chi connectivity index (χ0n) is 12.5. The molecule has 19 heavy (non-hydrogen) atoms. The molecule has 1 aromatic carbocycles. The average Bonchev–Trinajstić information content (AvgIpc) is 2.38. The van der Waals surface area contributed by atoms with Gasteiger partial charge in [-0.1, -0.05) is 19.9 Å². The van der Waals surface area contributed by atoms with Crippen LogP contribution in [0.25, 0.3) is 0 Å². The quantitative estimate of drug-likeness (QED) is 0.783. The fraction of sp³-hybridized carbons (Fsp3) is 0.600. The third kappa shape index (κ3) is 5.09. The maximum atomic E-state index is 5.67. The van der Waals surface area contributed by atoms with E-state index in [0.717, 1.165) is 31.1 Å². The molecule has 0 bridgehead atoms. The topological polar surface area (TPSA) is 47.7 Å². The lowest BCUT2D eigenvalue weighted by molar-refractivity contribution is 0.242. The van der Waals surface area contributed by atoms with Gasteiger partial charge in [0, 0.05) is 26.2 Å². The van der Waals surface area contributed by atoms with Crippen molar-refractivity contribution in [2.75, 3.05) is 33.9 Å². The van der Waals surface area contributed by atoms with Crippen molar-refractivity contribution in [2.45, 2.75) is 20.4 Å². The number of benzene rings is 1. The minimum atomic E-state index is 0.631. The number of nitrogens with zero attached hydrogens (tertiary/aromatic N) is 1. The minimum absolute atomic E-state index is 0.631. The first-order valence-electron chi connectivity index (χ1n) is 6.74. The molecule has 0 aliphatic rings. The molecule has 0 fully saturated rings. The molecule has 0 amide bonds. The first-order valence-corrected chi connectivity index (χ1v) is 6.74. The van der Waals surface area contributed by atoms with Crippen LogP contribution in [0, 0.1) is 5.92 Å². The number of methoxy groups -OCH3 is 2. The Morgan fingerprint density at radius 3 is 2.37 bits per heavy atom. The van der Waals surface area contributed by atoms with Gasteiger partial charge in [0.05, 0.1) is 14.2 Å². The van der Waals surface area contributed by atoms with Gasteiger partial charge in [-0.3, -0.25) is 4.90 Å². The second kappa shape index (κ2) is 8.02. The lowest BCUT2D eigenvalue weighted by atomic mass is 10.1. The number of hydrogen-bond donors (Lipinski definition) is 1. The molecular weight excluding hydrogens is 240 g/mol. The lowest BCUT2D eigenvalue weighted by Gasteiger charge is -2.24. The number of ether oxygens (including phenoxy) is 2. The van der Waals surface area contributed by atoms with Crippen LogP contribution in [0.2, 0.25) is 0 Å². The highest BCUT2D eigenvalue weighted by Gasteiger charge is 2.10. The molecule has 4 nitrogen and oxygen atoms in total. The fourth-order valence-corrected chi connectivity index (χ4v) is 2.17. The first-order chi connectivity index (χ1) is 9.10. The summed E-state index contributed by atoms with van der Waals surface area (Å²) in [4.78, 5) is 2.37. The summed E-state index contributed by atoms with van der Waals surface area (Å²) in [6.45, 7) is 7.96. The molecule has 0 saturated carbocycles. The lowest BCUT2D eigenvalue weighted by Crippen LogP contribution is -2.32. The van der Waals surface area contributed by atoms with Crippen molar-refractivity contribution in [1.82, 2.24) is 4.90 Å². The van der Waals surface area contributed by atoms with Crippen LogP contribution in [-0.4, -0.2) is 38.8 Å². The average molecular weight is 266 g/mol. The van der Waals surface area contributed by atoms with Gasteiger partial charge >= 0.3 is 0 Å². The molecule has 0 heterocycles. The summed E-state index contributed by atoms with van der Waals surface area (Å²) in [6.07, 6.45) is 0. The summed E-state index contributed by atoms with van der Waals surface area (Å²) in [5.41, 5.74) is 6.89. The Bertz CT molecular complexity index is 380. The summed E-state index contributed by atoms with van der Waals surface area (Å²) in [6, 6.07) is 6.05. The molecule has 0 aliphatic carbocycles. The van der Waals surface area contributed by atoms with Crippen molar-refractivity contribution in [3.63, 3.8) is 0 Å². The van der Waals surface area contributed by atoms with E-state index in [0.29, 0.717) is 12.5 Å². The van der Waals surface area contributed by atoms with E-state index < -0.39 is 0 Å².